The Morgan fingerprint density at radius 2 is 1.81 bits per heavy atom. The van der Waals surface area contributed by atoms with Gasteiger partial charge in [-0.25, -0.2) is 8.42 Å². The van der Waals surface area contributed by atoms with Gasteiger partial charge in [-0.05, 0) is 27.1 Å². The summed E-state index contributed by atoms with van der Waals surface area (Å²) in [4.78, 5) is 2.04. The summed E-state index contributed by atoms with van der Waals surface area (Å²) in [5, 5.41) is 0. The molecule has 0 atom stereocenters. The van der Waals surface area contributed by atoms with Crippen molar-refractivity contribution in [2.45, 2.75) is 6.42 Å². The van der Waals surface area contributed by atoms with E-state index in [9.17, 15) is 8.42 Å². The van der Waals surface area contributed by atoms with Gasteiger partial charge in [-0.2, -0.15) is 4.31 Å². The lowest BCUT2D eigenvalue weighted by Crippen LogP contribution is -2.36. The van der Waals surface area contributed by atoms with Crippen molar-refractivity contribution in [1.29, 1.82) is 0 Å². The van der Waals surface area contributed by atoms with Crippen molar-refractivity contribution in [3.63, 3.8) is 0 Å². The molecule has 0 bridgehead atoms. The number of rotatable bonds is 9. The highest BCUT2D eigenvalue weighted by Crippen LogP contribution is 2.06. The van der Waals surface area contributed by atoms with E-state index in [0.717, 1.165) is 13.0 Å². The van der Waals surface area contributed by atoms with E-state index in [2.05, 4.69) is 15.9 Å². The molecule has 0 saturated heterocycles. The summed E-state index contributed by atoms with van der Waals surface area (Å²) >= 11 is 3.00. The fourth-order valence-electron chi connectivity index (χ4n) is 1.22. The van der Waals surface area contributed by atoms with Crippen LogP contribution >= 0.6 is 15.9 Å². The molecule has 7 heteroatoms. The van der Waals surface area contributed by atoms with Crippen LogP contribution in [0.2, 0.25) is 0 Å². The fraction of sp³-hybridized carbons (Fsp3) is 1.00. The maximum Gasteiger partial charge on any atom is 0.224 e. The van der Waals surface area contributed by atoms with Gasteiger partial charge in [-0.1, -0.05) is 15.9 Å². The smallest absolute Gasteiger partial charge is 0.224 e. The van der Waals surface area contributed by atoms with Crippen molar-refractivity contribution >= 4 is 26.0 Å². The molecular weight excluding hydrogens is 296 g/mol. The molecule has 0 aromatic heterocycles. The van der Waals surface area contributed by atoms with Gasteiger partial charge in [0.2, 0.25) is 10.0 Å². The predicted octanol–water partition coefficient (Wildman–Crippen LogP) is 0.569. The van der Waals surface area contributed by atoms with Crippen LogP contribution in [-0.2, 0) is 14.8 Å². The molecule has 0 aromatic rings. The van der Waals surface area contributed by atoms with E-state index < -0.39 is 10.0 Å². The second-order valence-electron chi connectivity index (χ2n) is 3.77. The van der Waals surface area contributed by atoms with Crippen LogP contribution in [0.1, 0.15) is 6.42 Å². The normalized spacial score (nSPS) is 12.6. The minimum atomic E-state index is -3.18. The van der Waals surface area contributed by atoms with Gasteiger partial charge in [0, 0.05) is 20.2 Å². The highest BCUT2D eigenvalue weighted by Gasteiger charge is 2.19. The monoisotopic (exact) mass is 316 g/mol. The summed E-state index contributed by atoms with van der Waals surface area (Å²) in [7, 11) is 2.33. The number of sulfonamides is 1. The Labute approximate surface area is 107 Å². The molecule has 0 heterocycles. The van der Waals surface area contributed by atoms with Crippen LogP contribution in [0.15, 0.2) is 0 Å². The van der Waals surface area contributed by atoms with E-state index in [1.807, 2.05) is 19.0 Å². The van der Waals surface area contributed by atoms with E-state index in [-0.39, 0.29) is 4.66 Å². The minimum absolute atomic E-state index is 0.0360. The second-order valence-corrected chi connectivity index (χ2v) is 7.04. The number of nitrogens with zero attached hydrogens (tertiary/aromatic N) is 2. The van der Waals surface area contributed by atoms with Crippen molar-refractivity contribution in [2.24, 2.45) is 0 Å². The van der Waals surface area contributed by atoms with Gasteiger partial charge in [0.25, 0.3) is 0 Å². The molecule has 0 fully saturated rings. The van der Waals surface area contributed by atoms with Crippen molar-refractivity contribution in [3.8, 4) is 0 Å². The summed E-state index contributed by atoms with van der Waals surface area (Å²) in [6.45, 7) is 2.25. The molecule has 5 nitrogen and oxygen atoms in total. The maximum atomic E-state index is 11.7. The highest BCUT2D eigenvalue weighted by molar-refractivity contribution is 9.10. The van der Waals surface area contributed by atoms with Gasteiger partial charge in [0.05, 0.1) is 6.61 Å². The molecular formula is C9H21BrN2O3S. The van der Waals surface area contributed by atoms with Crippen LogP contribution in [0.25, 0.3) is 0 Å². The fourth-order valence-corrected chi connectivity index (χ4v) is 2.98. The lowest BCUT2D eigenvalue weighted by atomic mass is 10.4. The second kappa shape index (κ2) is 8.41. The highest BCUT2D eigenvalue weighted by atomic mass is 79.9. The van der Waals surface area contributed by atoms with Crippen molar-refractivity contribution in [2.75, 3.05) is 52.1 Å². The summed E-state index contributed by atoms with van der Waals surface area (Å²) in [5.41, 5.74) is 0. The zero-order valence-electron chi connectivity index (χ0n) is 10.1. The molecule has 16 heavy (non-hydrogen) atoms. The van der Waals surface area contributed by atoms with E-state index in [1.54, 1.807) is 7.11 Å². The van der Waals surface area contributed by atoms with Crippen LogP contribution in [0, 0.1) is 0 Å². The molecule has 98 valence electrons. The molecule has 0 aromatic carbocycles. The third-order valence-electron chi connectivity index (χ3n) is 2.09. The van der Waals surface area contributed by atoms with E-state index >= 15 is 0 Å². The average Bonchev–Trinajstić information content (AvgIpc) is 2.22. The van der Waals surface area contributed by atoms with Gasteiger partial charge < -0.3 is 9.64 Å². The molecule has 0 aliphatic heterocycles. The van der Waals surface area contributed by atoms with Crippen LogP contribution in [-0.4, -0.2) is 69.7 Å². The predicted molar refractivity (Wildman–Crippen MR) is 69.3 cm³/mol. The van der Waals surface area contributed by atoms with Crippen LogP contribution < -0.4 is 0 Å². The van der Waals surface area contributed by atoms with Crippen molar-refractivity contribution < 1.29 is 13.2 Å². The Morgan fingerprint density at radius 3 is 2.25 bits per heavy atom. The van der Waals surface area contributed by atoms with E-state index in [1.165, 1.54) is 4.31 Å². The Kier molecular flexibility index (Phi) is 8.57. The zero-order chi connectivity index (χ0) is 12.6. The summed E-state index contributed by atoms with van der Waals surface area (Å²) < 4.78 is 29.7. The molecule has 0 saturated carbocycles. The molecule has 0 unspecified atom stereocenters. The SMILES string of the molecule is COCCN(CCCN(C)C)S(=O)(=O)CBr. The Morgan fingerprint density at radius 1 is 1.19 bits per heavy atom. The minimum Gasteiger partial charge on any atom is -0.383 e. The molecule has 0 radical (unpaired) electrons. The Bertz CT molecular complexity index is 270. The molecule has 0 aliphatic rings. The summed E-state index contributed by atoms with van der Waals surface area (Å²) in [6.07, 6.45) is 0.822. The third-order valence-corrected chi connectivity index (χ3v) is 5.25. The summed E-state index contributed by atoms with van der Waals surface area (Å²) in [6, 6.07) is 0. The van der Waals surface area contributed by atoms with Gasteiger partial charge in [0.1, 0.15) is 4.66 Å². The number of alkyl halides is 1. The topological polar surface area (TPSA) is 49.9 Å². The first kappa shape index (κ1) is 16.3. The average molecular weight is 317 g/mol. The molecule has 0 amide bonds. The Hall–Kier alpha value is 0.310. The molecule has 0 aliphatic carbocycles. The molecule has 0 spiro atoms. The lowest BCUT2D eigenvalue weighted by Gasteiger charge is -2.21. The number of ether oxygens (including phenoxy) is 1. The largest absolute Gasteiger partial charge is 0.383 e. The lowest BCUT2D eigenvalue weighted by molar-refractivity contribution is 0.177. The first-order chi connectivity index (χ1) is 7.44. The zero-order valence-corrected chi connectivity index (χ0v) is 12.6. The van der Waals surface area contributed by atoms with Crippen LogP contribution in [0.3, 0.4) is 0 Å². The van der Waals surface area contributed by atoms with E-state index in [0.29, 0.717) is 19.7 Å². The maximum absolute atomic E-state index is 11.7. The van der Waals surface area contributed by atoms with Crippen LogP contribution in [0.4, 0.5) is 0 Å². The van der Waals surface area contributed by atoms with Crippen molar-refractivity contribution in [3.05, 3.63) is 0 Å². The third kappa shape index (κ3) is 6.80. The first-order valence-electron chi connectivity index (χ1n) is 5.11. The van der Waals surface area contributed by atoms with Gasteiger partial charge in [-0.3, -0.25) is 0 Å². The van der Waals surface area contributed by atoms with Gasteiger partial charge in [0.15, 0.2) is 0 Å². The number of hydrogen-bond donors (Lipinski definition) is 0. The number of hydrogen-bond acceptors (Lipinski definition) is 4. The molecule has 0 N–H and O–H groups in total. The quantitative estimate of drug-likeness (QED) is 0.584. The van der Waals surface area contributed by atoms with E-state index in [4.69, 9.17) is 4.74 Å². The van der Waals surface area contributed by atoms with Gasteiger partial charge >= 0.3 is 0 Å². The standard InChI is InChI=1S/C9H21BrN2O3S/c1-11(2)5-4-6-12(7-8-15-3)16(13,14)9-10/h4-9H2,1-3H3. The number of halogens is 1. The Balaban J connectivity index is 4.21. The number of methoxy groups -OCH3 is 1. The first-order valence-corrected chi connectivity index (χ1v) is 7.84. The van der Waals surface area contributed by atoms with Crippen LogP contribution in [0.5, 0.6) is 0 Å². The molecule has 0 rings (SSSR count). The van der Waals surface area contributed by atoms with Crippen molar-refractivity contribution in [1.82, 2.24) is 9.21 Å². The van der Waals surface area contributed by atoms with Gasteiger partial charge in [-0.15, -0.1) is 0 Å². The summed E-state index contributed by atoms with van der Waals surface area (Å²) in [5.74, 6) is 0.